The molecule has 22 heavy (non-hydrogen) atoms. The molecule has 1 N–H and O–H groups in total. The normalized spacial score (nSPS) is 12.4. The van der Waals surface area contributed by atoms with Gasteiger partial charge in [-0.15, -0.1) is 11.8 Å². The molecule has 1 atom stereocenters. The number of carboxylic acids is 1. The van der Waals surface area contributed by atoms with Crippen molar-refractivity contribution in [3.8, 4) is 0 Å². The Labute approximate surface area is 140 Å². The number of carbonyl (C=O) groups is 1. The van der Waals surface area contributed by atoms with Gasteiger partial charge in [-0.25, -0.2) is 0 Å². The van der Waals surface area contributed by atoms with E-state index in [-0.39, 0.29) is 0 Å². The van der Waals surface area contributed by atoms with E-state index in [4.69, 9.17) is 11.6 Å². The lowest BCUT2D eigenvalue weighted by molar-refractivity contribution is -0.136. The van der Waals surface area contributed by atoms with E-state index in [1.165, 1.54) is 17.3 Å². The second-order valence-corrected chi connectivity index (χ2v) is 7.21. The van der Waals surface area contributed by atoms with Gasteiger partial charge in [0.1, 0.15) is 5.25 Å². The molecule has 0 radical (unpaired) electrons. The van der Waals surface area contributed by atoms with E-state index in [0.29, 0.717) is 17.4 Å². The molecule has 0 aliphatic carbocycles. The van der Waals surface area contributed by atoms with E-state index < -0.39 is 11.2 Å². The first-order chi connectivity index (χ1) is 10.5. The minimum Gasteiger partial charge on any atom is -0.480 e. The second kappa shape index (κ2) is 7.70. The maximum atomic E-state index is 11.5. The summed E-state index contributed by atoms with van der Waals surface area (Å²) in [5.74, 6) is -0.319. The molecule has 2 nitrogen and oxygen atoms in total. The molecule has 2 aromatic rings. The lowest BCUT2D eigenvalue weighted by atomic mass is 10.0. The van der Waals surface area contributed by atoms with Crippen LogP contribution in [0.5, 0.6) is 0 Å². The lowest BCUT2D eigenvalue weighted by Crippen LogP contribution is -2.19. The topological polar surface area (TPSA) is 37.3 Å². The van der Waals surface area contributed by atoms with Gasteiger partial charge in [0.25, 0.3) is 0 Å². The highest BCUT2D eigenvalue weighted by atomic mass is 35.5. The Morgan fingerprint density at radius 3 is 2.18 bits per heavy atom. The number of hydrogen-bond donors (Lipinski definition) is 1. The Kier molecular flexibility index (Phi) is 5.92. The van der Waals surface area contributed by atoms with Crippen molar-refractivity contribution in [1.82, 2.24) is 0 Å². The third-order valence-corrected chi connectivity index (χ3v) is 4.88. The largest absolute Gasteiger partial charge is 0.480 e. The molecule has 0 aliphatic heterocycles. The van der Waals surface area contributed by atoms with Gasteiger partial charge in [-0.1, -0.05) is 49.7 Å². The van der Waals surface area contributed by atoms with Crippen LogP contribution in [0.2, 0.25) is 5.02 Å². The van der Waals surface area contributed by atoms with E-state index >= 15 is 0 Å². The number of aliphatic carboxylic acids is 1. The molecule has 0 unspecified atom stereocenters. The number of carboxylic acid groups (broad SMARTS) is 1. The molecule has 0 heterocycles. The van der Waals surface area contributed by atoms with Gasteiger partial charge < -0.3 is 5.11 Å². The molecule has 0 bridgehead atoms. The summed E-state index contributed by atoms with van der Waals surface area (Å²) in [6.07, 6.45) is 0.501. The number of thioether (sulfide) groups is 1. The molecule has 0 amide bonds. The first-order valence-corrected chi connectivity index (χ1v) is 8.45. The van der Waals surface area contributed by atoms with E-state index in [9.17, 15) is 9.90 Å². The molecule has 4 heteroatoms. The molecule has 2 aromatic carbocycles. The van der Waals surface area contributed by atoms with Crippen molar-refractivity contribution in [2.45, 2.75) is 36.3 Å². The summed E-state index contributed by atoms with van der Waals surface area (Å²) in [4.78, 5) is 12.4. The molecule has 0 aliphatic rings. The van der Waals surface area contributed by atoms with Crippen LogP contribution in [0.4, 0.5) is 0 Å². The summed E-state index contributed by atoms with van der Waals surface area (Å²) in [5.41, 5.74) is 2.30. The van der Waals surface area contributed by atoms with E-state index in [1.54, 1.807) is 12.1 Å². The summed E-state index contributed by atoms with van der Waals surface area (Å²) < 4.78 is 0. The zero-order chi connectivity index (χ0) is 16.1. The first-order valence-electron chi connectivity index (χ1n) is 7.19. The third-order valence-electron chi connectivity index (χ3n) is 3.43. The fraction of sp³-hybridized carbons (Fsp3) is 0.278. The van der Waals surface area contributed by atoms with Crippen LogP contribution >= 0.6 is 23.4 Å². The van der Waals surface area contributed by atoms with Crippen LogP contribution in [0.3, 0.4) is 0 Å². The van der Waals surface area contributed by atoms with Crippen LogP contribution in [0.1, 0.15) is 30.9 Å². The molecule has 0 saturated heterocycles. The van der Waals surface area contributed by atoms with Crippen LogP contribution in [-0.2, 0) is 11.2 Å². The predicted molar refractivity (Wildman–Crippen MR) is 93.0 cm³/mol. The smallest absolute Gasteiger partial charge is 0.317 e. The van der Waals surface area contributed by atoms with Crippen molar-refractivity contribution in [3.05, 3.63) is 64.7 Å². The third kappa shape index (κ3) is 4.79. The molecule has 0 saturated carbocycles. The minimum absolute atomic E-state index is 0.479. The van der Waals surface area contributed by atoms with Gasteiger partial charge in [0.15, 0.2) is 0 Å². The highest BCUT2D eigenvalue weighted by Crippen LogP contribution is 2.27. The number of rotatable bonds is 6. The van der Waals surface area contributed by atoms with Gasteiger partial charge in [-0.2, -0.15) is 0 Å². The van der Waals surface area contributed by atoms with Crippen LogP contribution in [0, 0.1) is 0 Å². The maximum Gasteiger partial charge on any atom is 0.317 e. The number of halogens is 1. The Morgan fingerprint density at radius 1 is 1.09 bits per heavy atom. The maximum absolute atomic E-state index is 11.5. The second-order valence-electron chi connectivity index (χ2n) is 5.50. The molecule has 2 rings (SSSR count). The summed E-state index contributed by atoms with van der Waals surface area (Å²) in [6.45, 7) is 4.29. The van der Waals surface area contributed by atoms with Gasteiger partial charge in [0, 0.05) is 9.92 Å². The monoisotopic (exact) mass is 334 g/mol. The number of benzene rings is 2. The van der Waals surface area contributed by atoms with Gasteiger partial charge in [0.2, 0.25) is 0 Å². The van der Waals surface area contributed by atoms with Crippen LogP contribution in [0.25, 0.3) is 0 Å². The zero-order valence-corrected chi connectivity index (χ0v) is 14.2. The fourth-order valence-corrected chi connectivity index (χ4v) is 3.23. The highest BCUT2D eigenvalue weighted by molar-refractivity contribution is 8.00. The molecule has 0 aromatic heterocycles. The van der Waals surface area contributed by atoms with Crippen molar-refractivity contribution < 1.29 is 9.90 Å². The SMILES string of the molecule is CC(C)c1ccc(C[C@H](Sc2ccc(Cl)cc2)C(=O)O)cc1. The van der Waals surface area contributed by atoms with Crippen LogP contribution in [0.15, 0.2) is 53.4 Å². The Morgan fingerprint density at radius 2 is 1.68 bits per heavy atom. The number of hydrogen-bond acceptors (Lipinski definition) is 2. The Balaban J connectivity index is 2.08. The molecule has 116 valence electrons. The first kappa shape index (κ1) is 16.9. The van der Waals surface area contributed by atoms with E-state index in [0.717, 1.165) is 10.5 Å². The predicted octanol–water partition coefficient (Wildman–Crippen LogP) is 5.25. The van der Waals surface area contributed by atoms with E-state index in [2.05, 4.69) is 26.0 Å². The van der Waals surface area contributed by atoms with Crippen molar-refractivity contribution in [1.29, 1.82) is 0 Å². The van der Waals surface area contributed by atoms with Gasteiger partial charge >= 0.3 is 5.97 Å². The minimum atomic E-state index is -0.798. The fourth-order valence-electron chi connectivity index (χ4n) is 2.11. The van der Waals surface area contributed by atoms with Crippen molar-refractivity contribution >= 4 is 29.3 Å². The van der Waals surface area contributed by atoms with E-state index in [1.807, 2.05) is 24.3 Å². The Hall–Kier alpha value is -1.45. The zero-order valence-electron chi connectivity index (χ0n) is 12.6. The summed E-state index contributed by atoms with van der Waals surface area (Å²) in [7, 11) is 0. The van der Waals surface area contributed by atoms with Crippen molar-refractivity contribution in [2.75, 3.05) is 0 Å². The van der Waals surface area contributed by atoms with Crippen molar-refractivity contribution in [3.63, 3.8) is 0 Å². The van der Waals surface area contributed by atoms with Gasteiger partial charge in [-0.05, 0) is 47.7 Å². The summed E-state index contributed by atoms with van der Waals surface area (Å²) in [5, 5.41) is 9.59. The van der Waals surface area contributed by atoms with Crippen molar-refractivity contribution in [2.24, 2.45) is 0 Å². The van der Waals surface area contributed by atoms with Gasteiger partial charge in [0.05, 0.1) is 0 Å². The standard InChI is InChI=1S/C18H19ClO2S/c1-12(2)14-5-3-13(4-6-14)11-17(18(20)21)22-16-9-7-15(19)8-10-16/h3-10,12,17H,11H2,1-2H3,(H,20,21)/t17-/m0/s1. The summed E-state index contributed by atoms with van der Waals surface area (Å²) in [6, 6.07) is 15.5. The molecule has 0 spiro atoms. The summed E-state index contributed by atoms with van der Waals surface area (Å²) >= 11 is 7.21. The highest BCUT2D eigenvalue weighted by Gasteiger charge is 2.19. The average Bonchev–Trinajstić information content (AvgIpc) is 2.49. The molecular formula is C18H19ClO2S. The average molecular weight is 335 g/mol. The van der Waals surface area contributed by atoms with Gasteiger partial charge in [-0.3, -0.25) is 4.79 Å². The Bertz CT molecular complexity index is 621. The quantitative estimate of drug-likeness (QED) is 0.733. The van der Waals surface area contributed by atoms with Crippen LogP contribution in [-0.4, -0.2) is 16.3 Å². The molecule has 0 fully saturated rings. The molecular weight excluding hydrogens is 316 g/mol. The lowest BCUT2D eigenvalue weighted by Gasteiger charge is -2.13. The van der Waals surface area contributed by atoms with Crippen LogP contribution < -0.4 is 0 Å².